The number of nitrogens with zero attached hydrogens (tertiary/aromatic N) is 1. The molecule has 0 aliphatic carbocycles. The molecule has 2 nitrogen and oxygen atoms in total. The van der Waals surface area contributed by atoms with Crippen LogP contribution in [0.3, 0.4) is 0 Å². The van der Waals surface area contributed by atoms with Crippen LogP contribution in [0.4, 0.5) is 14.5 Å². The van der Waals surface area contributed by atoms with E-state index in [1.165, 1.54) is 13.2 Å². The van der Waals surface area contributed by atoms with Crippen LogP contribution in [-0.4, -0.2) is 18.2 Å². The number of allylic oxidation sites excluding steroid dienone is 1. The van der Waals surface area contributed by atoms with Gasteiger partial charge in [-0.2, -0.15) is 8.78 Å². The SMILES string of the molecule is COc1ccc(N=C(Cl)C(F)(F)C/C=C/c2ccccc2)cc1. The summed E-state index contributed by atoms with van der Waals surface area (Å²) < 4.78 is 33.0. The molecular weight excluding hydrogens is 320 g/mol. The van der Waals surface area contributed by atoms with Gasteiger partial charge in [-0.3, -0.25) is 0 Å². The lowest BCUT2D eigenvalue weighted by molar-refractivity contribution is 0.0852. The molecule has 5 heteroatoms. The maximum absolute atomic E-state index is 14.0. The number of methoxy groups -OCH3 is 1. The van der Waals surface area contributed by atoms with Gasteiger partial charge in [0.15, 0.2) is 5.17 Å². The van der Waals surface area contributed by atoms with E-state index >= 15 is 0 Å². The molecule has 2 aromatic carbocycles. The number of rotatable bonds is 6. The highest BCUT2D eigenvalue weighted by molar-refractivity contribution is 6.67. The third-order valence-electron chi connectivity index (χ3n) is 3.09. The fourth-order valence-corrected chi connectivity index (χ4v) is 2.02. The van der Waals surface area contributed by atoms with Crippen molar-refractivity contribution in [1.29, 1.82) is 0 Å². The summed E-state index contributed by atoms with van der Waals surface area (Å²) in [7, 11) is 1.53. The lowest BCUT2D eigenvalue weighted by Crippen LogP contribution is -2.23. The average molecular weight is 336 g/mol. The first-order valence-corrected chi connectivity index (χ1v) is 7.37. The number of benzene rings is 2. The molecule has 0 aromatic heterocycles. The third-order valence-corrected chi connectivity index (χ3v) is 3.45. The zero-order valence-corrected chi connectivity index (χ0v) is 13.3. The van der Waals surface area contributed by atoms with Gasteiger partial charge in [0.25, 0.3) is 0 Å². The molecule has 0 heterocycles. The van der Waals surface area contributed by atoms with E-state index < -0.39 is 17.5 Å². The molecule has 0 amide bonds. The number of hydrogen-bond acceptors (Lipinski definition) is 2. The van der Waals surface area contributed by atoms with Crippen LogP contribution in [0.5, 0.6) is 5.75 Å². The number of aliphatic imine (C=N–C) groups is 1. The lowest BCUT2D eigenvalue weighted by atomic mass is 10.1. The summed E-state index contributed by atoms with van der Waals surface area (Å²) in [6, 6.07) is 15.6. The fraction of sp³-hybridized carbons (Fsp3) is 0.167. The Labute approximate surface area is 139 Å². The molecule has 0 spiro atoms. The molecule has 0 saturated carbocycles. The number of halogens is 3. The molecule has 0 aliphatic heterocycles. The van der Waals surface area contributed by atoms with Crippen LogP contribution in [0, 0.1) is 0 Å². The highest BCUT2D eigenvalue weighted by atomic mass is 35.5. The van der Waals surface area contributed by atoms with Gasteiger partial charge in [-0.15, -0.1) is 0 Å². The Bertz CT molecular complexity index is 682. The Morgan fingerprint density at radius 1 is 1.13 bits per heavy atom. The normalized spacial score (nSPS) is 12.6. The first-order chi connectivity index (χ1) is 11.0. The topological polar surface area (TPSA) is 21.6 Å². The Morgan fingerprint density at radius 3 is 2.39 bits per heavy atom. The number of hydrogen-bond donors (Lipinski definition) is 0. The molecule has 0 bridgehead atoms. The summed E-state index contributed by atoms with van der Waals surface area (Å²) in [4.78, 5) is 3.77. The van der Waals surface area contributed by atoms with Gasteiger partial charge in [-0.05, 0) is 29.8 Å². The van der Waals surface area contributed by atoms with Crippen LogP contribution in [-0.2, 0) is 0 Å². The molecule has 0 unspecified atom stereocenters. The summed E-state index contributed by atoms with van der Waals surface area (Å²) in [5.41, 5.74) is 1.20. The van der Waals surface area contributed by atoms with Crippen molar-refractivity contribution in [2.24, 2.45) is 4.99 Å². The van der Waals surface area contributed by atoms with Crippen LogP contribution in [0.15, 0.2) is 65.7 Å². The van der Waals surface area contributed by atoms with E-state index in [0.29, 0.717) is 11.4 Å². The van der Waals surface area contributed by atoms with Crippen molar-refractivity contribution in [3.8, 4) is 5.75 Å². The summed E-state index contributed by atoms with van der Waals surface area (Å²) >= 11 is 5.70. The second-order valence-electron chi connectivity index (χ2n) is 4.82. The molecule has 120 valence electrons. The summed E-state index contributed by atoms with van der Waals surface area (Å²) in [5.74, 6) is -2.59. The molecule has 23 heavy (non-hydrogen) atoms. The van der Waals surface area contributed by atoms with E-state index in [-0.39, 0.29) is 0 Å². The van der Waals surface area contributed by atoms with E-state index in [9.17, 15) is 8.78 Å². The van der Waals surface area contributed by atoms with Gasteiger partial charge in [0.1, 0.15) is 5.75 Å². The van der Waals surface area contributed by atoms with Gasteiger partial charge >= 0.3 is 5.92 Å². The minimum atomic E-state index is -3.22. The molecule has 0 saturated heterocycles. The van der Waals surface area contributed by atoms with Crippen molar-refractivity contribution in [3.05, 3.63) is 66.2 Å². The maximum atomic E-state index is 14.0. The van der Waals surface area contributed by atoms with Crippen molar-refractivity contribution in [2.75, 3.05) is 7.11 Å². The van der Waals surface area contributed by atoms with E-state index in [1.807, 2.05) is 30.3 Å². The van der Waals surface area contributed by atoms with E-state index in [2.05, 4.69) is 4.99 Å². The first-order valence-electron chi connectivity index (χ1n) is 6.99. The van der Waals surface area contributed by atoms with Crippen molar-refractivity contribution >= 4 is 28.5 Å². The number of alkyl halides is 2. The highest BCUT2D eigenvalue weighted by Crippen LogP contribution is 2.27. The zero-order chi connectivity index (χ0) is 16.7. The quantitative estimate of drug-likeness (QED) is 0.620. The molecule has 2 rings (SSSR count). The smallest absolute Gasteiger partial charge is 0.303 e. The van der Waals surface area contributed by atoms with Crippen LogP contribution in [0.25, 0.3) is 6.08 Å². The third kappa shape index (κ3) is 5.18. The summed E-state index contributed by atoms with van der Waals surface area (Å²) in [6.45, 7) is 0. The molecule has 0 aliphatic rings. The second-order valence-corrected chi connectivity index (χ2v) is 5.18. The molecule has 0 radical (unpaired) electrons. The van der Waals surface area contributed by atoms with Crippen LogP contribution >= 0.6 is 11.6 Å². The monoisotopic (exact) mass is 335 g/mol. The summed E-state index contributed by atoms with van der Waals surface area (Å²) in [5, 5.41) is -0.736. The predicted octanol–water partition coefficient (Wildman–Crippen LogP) is 5.70. The highest BCUT2D eigenvalue weighted by Gasteiger charge is 2.33. The van der Waals surface area contributed by atoms with Gasteiger partial charge in [-0.25, -0.2) is 4.99 Å². The zero-order valence-electron chi connectivity index (χ0n) is 12.5. The minimum absolute atomic E-state index is 0.350. The molecular formula is C18H16ClF2NO. The lowest BCUT2D eigenvalue weighted by Gasteiger charge is -2.12. The average Bonchev–Trinajstić information content (AvgIpc) is 2.56. The fourth-order valence-electron chi connectivity index (χ4n) is 1.84. The van der Waals surface area contributed by atoms with Crippen LogP contribution < -0.4 is 4.74 Å². The van der Waals surface area contributed by atoms with Crippen molar-refractivity contribution in [2.45, 2.75) is 12.3 Å². The van der Waals surface area contributed by atoms with Crippen LogP contribution in [0.2, 0.25) is 0 Å². The molecule has 2 aromatic rings. The Hall–Kier alpha value is -2.20. The van der Waals surface area contributed by atoms with Gasteiger partial charge in [-0.1, -0.05) is 54.1 Å². The van der Waals surface area contributed by atoms with Crippen molar-refractivity contribution < 1.29 is 13.5 Å². The standard InChI is InChI=1S/C18H16ClF2NO/c1-23-16-11-9-15(10-12-16)22-17(19)18(20,21)13-5-8-14-6-3-2-4-7-14/h2-12H,13H2,1H3/b8-5+,22-17?. The Kier molecular flexibility index (Phi) is 5.88. The maximum Gasteiger partial charge on any atom is 0.303 e. The predicted molar refractivity (Wildman–Crippen MR) is 91.0 cm³/mol. The van der Waals surface area contributed by atoms with Gasteiger partial charge < -0.3 is 4.74 Å². The van der Waals surface area contributed by atoms with Crippen molar-refractivity contribution in [1.82, 2.24) is 0 Å². The summed E-state index contributed by atoms with van der Waals surface area (Å²) in [6.07, 6.45) is 2.51. The second kappa shape index (κ2) is 7.88. The minimum Gasteiger partial charge on any atom is -0.497 e. The Morgan fingerprint density at radius 2 is 1.78 bits per heavy atom. The largest absolute Gasteiger partial charge is 0.497 e. The van der Waals surface area contributed by atoms with Gasteiger partial charge in [0.05, 0.1) is 12.8 Å². The van der Waals surface area contributed by atoms with E-state index in [0.717, 1.165) is 5.56 Å². The number of ether oxygens (including phenoxy) is 1. The molecule has 0 fully saturated rings. The first kappa shape index (κ1) is 17.2. The van der Waals surface area contributed by atoms with Crippen molar-refractivity contribution in [3.63, 3.8) is 0 Å². The van der Waals surface area contributed by atoms with E-state index in [4.69, 9.17) is 16.3 Å². The van der Waals surface area contributed by atoms with Crippen LogP contribution in [0.1, 0.15) is 12.0 Å². The molecule has 0 atom stereocenters. The van der Waals surface area contributed by atoms with Gasteiger partial charge in [0.2, 0.25) is 0 Å². The van der Waals surface area contributed by atoms with E-state index in [1.54, 1.807) is 30.3 Å². The molecule has 0 N–H and O–H groups in total. The van der Waals surface area contributed by atoms with Gasteiger partial charge in [0, 0.05) is 6.42 Å². The Balaban J connectivity index is 2.04.